The summed E-state index contributed by atoms with van der Waals surface area (Å²) in [5, 5.41) is 11.6. The van der Waals surface area contributed by atoms with Gasteiger partial charge >= 0.3 is 0 Å². The summed E-state index contributed by atoms with van der Waals surface area (Å²) in [5.74, 6) is -0.893. The Morgan fingerprint density at radius 2 is 1.04 bits per heavy atom. The van der Waals surface area contributed by atoms with E-state index >= 15 is 0 Å². The molecular weight excluding hydrogens is 701 g/mol. The lowest BCUT2D eigenvalue weighted by atomic mass is 9.95. The predicted molar refractivity (Wildman–Crippen MR) is 216 cm³/mol. The van der Waals surface area contributed by atoms with Gasteiger partial charge < -0.3 is 11.5 Å². The van der Waals surface area contributed by atoms with Gasteiger partial charge in [0.25, 0.3) is 0 Å². The van der Waals surface area contributed by atoms with Crippen LogP contribution in [0.2, 0.25) is 0 Å². The summed E-state index contributed by atoms with van der Waals surface area (Å²) < 4.78 is 4.16. The number of hydrogen-bond donors (Lipinski definition) is 2. The second-order valence-electron chi connectivity index (χ2n) is 14.2. The maximum Gasteiger partial charge on any atom is 0.248 e. The van der Waals surface area contributed by atoms with Crippen LogP contribution >= 0.6 is 0 Å². The molecule has 0 aliphatic carbocycles. The number of nitrogens with two attached hydrogens (primary N) is 2. The van der Waals surface area contributed by atoms with E-state index in [1.54, 1.807) is 24.5 Å². The number of amides is 2. The number of benzene rings is 2. The minimum atomic E-state index is -0.447. The highest BCUT2D eigenvalue weighted by atomic mass is 16.1. The Morgan fingerprint density at radius 3 is 1.45 bits per heavy atom. The van der Waals surface area contributed by atoms with E-state index in [2.05, 4.69) is 19.3 Å². The first-order chi connectivity index (χ1) is 27.2. The number of aryl methyl sites for hydroxylation is 4. The van der Waals surface area contributed by atoms with E-state index in [1.807, 2.05) is 86.6 Å². The van der Waals surface area contributed by atoms with Crippen LogP contribution in [0, 0.1) is 13.8 Å². The largest absolute Gasteiger partial charge is 0.366 e. The molecule has 0 unspecified atom stereocenters. The molecule has 8 aromatic rings. The Kier molecular flexibility index (Phi) is 8.65. The Labute approximate surface area is 322 Å². The van der Waals surface area contributed by atoms with Crippen LogP contribution in [-0.4, -0.2) is 51.3 Å². The van der Waals surface area contributed by atoms with Gasteiger partial charge in [-0.1, -0.05) is 12.1 Å². The molecule has 0 radical (unpaired) electrons. The highest BCUT2D eigenvalue weighted by Gasteiger charge is 2.27. The number of nitrogens with zero attached hydrogens (tertiary/aromatic N) is 8. The average molecular weight is 739 g/mol. The lowest BCUT2D eigenvalue weighted by Crippen LogP contribution is -2.10. The summed E-state index contributed by atoms with van der Waals surface area (Å²) in [7, 11) is 0. The third-order valence-electron chi connectivity index (χ3n) is 10.5. The molecule has 2 aliphatic rings. The number of pyridine rings is 4. The van der Waals surface area contributed by atoms with Crippen molar-refractivity contribution >= 4 is 33.6 Å². The molecule has 0 fully saturated rings. The monoisotopic (exact) mass is 738 g/mol. The van der Waals surface area contributed by atoms with E-state index in [4.69, 9.17) is 31.6 Å². The fraction of sp³-hybridized carbons (Fsp3) is 0.182. The summed E-state index contributed by atoms with van der Waals surface area (Å²) in [4.78, 5) is 41.8. The molecule has 2 aliphatic heterocycles. The van der Waals surface area contributed by atoms with Crippen LogP contribution < -0.4 is 11.5 Å². The lowest BCUT2D eigenvalue weighted by molar-refractivity contribution is 0.0992. The SMILES string of the molecule is Cc1cccc(-c2nn3c(c2-c2ccnc4ccc(C(N)=O)cc24)CCC3)n1.Cc1cccc(-c2nn3c(c2-c2ccnc4ccc(C(N)=O)cc24)CCC3)n1. The molecule has 0 saturated heterocycles. The Bertz CT molecular complexity index is 2680. The van der Waals surface area contributed by atoms with Gasteiger partial charge in [0.2, 0.25) is 11.8 Å². The van der Waals surface area contributed by atoms with Gasteiger partial charge in [-0.15, -0.1) is 0 Å². The molecule has 8 heterocycles. The topological polar surface area (TPSA) is 173 Å². The van der Waals surface area contributed by atoms with Gasteiger partial charge in [-0.25, -0.2) is 0 Å². The van der Waals surface area contributed by atoms with Crippen LogP contribution in [0.15, 0.2) is 97.3 Å². The van der Waals surface area contributed by atoms with Crippen molar-refractivity contribution in [2.75, 3.05) is 0 Å². The maximum atomic E-state index is 11.7. The van der Waals surface area contributed by atoms with Crippen molar-refractivity contribution in [2.45, 2.75) is 52.6 Å². The molecule has 2 aromatic carbocycles. The van der Waals surface area contributed by atoms with Crippen molar-refractivity contribution in [3.05, 3.63) is 131 Å². The van der Waals surface area contributed by atoms with Crippen molar-refractivity contribution in [1.29, 1.82) is 0 Å². The van der Waals surface area contributed by atoms with E-state index < -0.39 is 11.8 Å². The van der Waals surface area contributed by atoms with Crippen LogP contribution in [0.4, 0.5) is 0 Å². The van der Waals surface area contributed by atoms with Crippen LogP contribution in [0.1, 0.15) is 56.3 Å². The van der Waals surface area contributed by atoms with E-state index in [9.17, 15) is 9.59 Å². The van der Waals surface area contributed by atoms with E-state index in [-0.39, 0.29) is 0 Å². The van der Waals surface area contributed by atoms with Crippen LogP contribution in [0.3, 0.4) is 0 Å². The van der Waals surface area contributed by atoms with Crippen LogP contribution in [-0.2, 0) is 25.9 Å². The minimum Gasteiger partial charge on any atom is -0.366 e. The number of primary amides is 2. The molecule has 6 aromatic heterocycles. The zero-order valence-corrected chi connectivity index (χ0v) is 31.0. The smallest absolute Gasteiger partial charge is 0.248 e. The molecule has 12 heteroatoms. The second-order valence-corrected chi connectivity index (χ2v) is 14.2. The quantitative estimate of drug-likeness (QED) is 0.183. The molecule has 0 spiro atoms. The van der Waals surface area contributed by atoms with Gasteiger partial charge in [0.05, 0.1) is 22.4 Å². The highest BCUT2D eigenvalue weighted by Crippen LogP contribution is 2.41. The molecule has 0 saturated carbocycles. The summed E-state index contributed by atoms with van der Waals surface area (Å²) in [6, 6.07) is 26.7. The van der Waals surface area contributed by atoms with E-state index in [1.165, 1.54) is 11.4 Å². The number of carbonyl (C=O) groups excluding carboxylic acids is 2. The summed E-state index contributed by atoms with van der Waals surface area (Å²) >= 11 is 0. The highest BCUT2D eigenvalue weighted by molar-refractivity contribution is 6.04. The number of hydrogen-bond acceptors (Lipinski definition) is 8. The number of carbonyl (C=O) groups is 2. The minimum absolute atomic E-state index is 0.447. The lowest BCUT2D eigenvalue weighted by Gasteiger charge is -2.10. The fourth-order valence-electron chi connectivity index (χ4n) is 7.97. The maximum absolute atomic E-state index is 11.7. The summed E-state index contributed by atoms with van der Waals surface area (Å²) in [6.45, 7) is 5.77. The summed E-state index contributed by atoms with van der Waals surface area (Å²) in [5.41, 5.74) is 25.5. The molecule has 0 atom stereocenters. The molecule has 4 N–H and O–H groups in total. The number of aromatic nitrogens is 8. The Balaban J connectivity index is 0.000000146. The molecule has 56 heavy (non-hydrogen) atoms. The number of rotatable bonds is 6. The van der Waals surface area contributed by atoms with E-state index in [0.29, 0.717) is 11.1 Å². The first-order valence-corrected chi connectivity index (χ1v) is 18.7. The van der Waals surface area contributed by atoms with Gasteiger partial charge in [0, 0.05) is 81.3 Å². The molecule has 10 rings (SSSR count). The van der Waals surface area contributed by atoms with Gasteiger partial charge in [-0.05, 0) is 123 Å². The standard InChI is InChI=1S/2C22H19N5O/c2*1-13-4-2-5-18(25-13)21-20(19-6-3-11-27(19)26-21)15-9-10-24-17-8-7-14(22(23)28)12-16(15)17/h2*2,4-5,7-10,12H,3,6,11H2,1H3,(H2,23,28). The number of fused-ring (bicyclic) bond motifs is 4. The van der Waals surface area contributed by atoms with Crippen molar-refractivity contribution in [3.8, 4) is 45.0 Å². The first-order valence-electron chi connectivity index (χ1n) is 18.7. The van der Waals surface area contributed by atoms with E-state index in [0.717, 1.165) is 117 Å². The fourth-order valence-corrected chi connectivity index (χ4v) is 7.97. The molecule has 2 amide bonds. The Morgan fingerprint density at radius 1 is 0.589 bits per heavy atom. The zero-order valence-electron chi connectivity index (χ0n) is 31.0. The van der Waals surface area contributed by atoms with Crippen molar-refractivity contribution in [1.82, 2.24) is 39.5 Å². The van der Waals surface area contributed by atoms with Gasteiger partial charge in [0.15, 0.2) is 0 Å². The van der Waals surface area contributed by atoms with Crippen LogP contribution in [0.25, 0.3) is 66.8 Å². The average Bonchev–Trinajstić information content (AvgIpc) is 4.00. The third-order valence-corrected chi connectivity index (χ3v) is 10.5. The van der Waals surface area contributed by atoms with Crippen molar-refractivity contribution < 1.29 is 9.59 Å². The normalized spacial score (nSPS) is 13.0. The predicted octanol–water partition coefficient (Wildman–Crippen LogP) is 7.03. The third kappa shape index (κ3) is 6.14. The van der Waals surface area contributed by atoms with Crippen molar-refractivity contribution in [3.63, 3.8) is 0 Å². The van der Waals surface area contributed by atoms with Gasteiger partial charge in [-0.2, -0.15) is 10.2 Å². The molecular formula is C44H38N10O2. The zero-order chi connectivity index (χ0) is 38.5. The molecule has 276 valence electrons. The Hall–Kier alpha value is -7.08. The van der Waals surface area contributed by atoms with Gasteiger partial charge in [-0.3, -0.25) is 38.9 Å². The van der Waals surface area contributed by atoms with Gasteiger partial charge in [0.1, 0.15) is 11.4 Å². The molecule has 12 nitrogen and oxygen atoms in total. The van der Waals surface area contributed by atoms with Crippen molar-refractivity contribution in [2.24, 2.45) is 11.5 Å². The summed E-state index contributed by atoms with van der Waals surface area (Å²) in [6.07, 6.45) is 7.68. The molecule has 0 bridgehead atoms. The van der Waals surface area contributed by atoms with Crippen LogP contribution in [0.5, 0.6) is 0 Å². The first kappa shape index (κ1) is 34.7. The second kappa shape index (κ2) is 14.0.